The van der Waals surface area contributed by atoms with Crippen LogP contribution < -0.4 is 0 Å². The lowest BCUT2D eigenvalue weighted by Crippen LogP contribution is -2.03. The summed E-state index contributed by atoms with van der Waals surface area (Å²) in [4.78, 5) is 21.5. The molecule has 0 aliphatic rings. The minimum Gasteiger partial charge on any atom is -0.478 e. The SMILES string of the molecule is CC(C)Cc1ccc(/C(=C/C(=O)O)C(=O)O)cc1. The van der Waals surface area contributed by atoms with E-state index in [1.807, 2.05) is 12.1 Å². The van der Waals surface area contributed by atoms with Gasteiger partial charge in [0.05, 0.1) is 5.57 Å². The van der Waals surface area contributed by atoms with Crippen molar-refractivity contribution in [1.82, 2.24) is 0 Å². The van der Waals surface area contributed by atoms with Gasteiger partial charge in [-0.1, -0.05) is 38.1 Å². The number of benzene rings is 1. The monoisotopic (exact) mass is 248 g/mol. The van der Waals surface area contributed by atoms with E-state index in [1.54, 1.807) is 12.1 Å². The highest BCUT2D eigenvalue weighted by Crippen LogP contribution is 2.17. The van der Waals surface area contributed by atoms with Gasteiger partial charge in [0.1, 0.15) is 0 Å². The average molecular weight is 248 g/mol. The molecule has 4 heteroatoms. The second-order valence-corrected chi connectivity index (χ2v) is 4.50. The number of hydrogen-bond donors (Lipinski definition) is 2. The van der Waals surface area contributed by atoms with Crippen molar-refractivity contribution in [3.05, 3.63) is 41.5 Å². The zero-order chi connectivity index (χ0) is 13.7. The van der Waals surface area contributed by atoms with Gasteiger partial charge in [-0.05, 0) is 23.5 Å². The van der Waals surface area contributed by atoms with E-state index in [1.165, 1.54) is 0 Å². The van der Waals surface area contributed by atoms with Crippen molar-refractivity contribution in [2.45, 2.75) is 20.3 Å². The summed E-state index contributed by atoms with van der Waals surface area (Å²) in [6, 6.07) is 6.93. The zero-order valence-electron chi connectivity index (χ0n) is 10.4. The minimum atomic E-state index is -1.27. The maximum atomic E-state index is 11.0. The molecule has 0 aliphatic heterocycles. The topological polar surface area (TPSA) is 74.6 Å². The minimum absolute atomic E-state index is 0.210. The lowest BCUT2D eigenvalue weighted by atomic mass is 9.99. The molecular formula is C14H16O4. The Hall–Kier alpha value is -2.10. The predicted molar refractivity (Wildman–Crippen MR) is 68.2 cm³/mol. The molecule has 0 aromatic heterocycles. The predicted octanol–water partition coefficient (Wildman–Crippen LogP) is 2.44. The maximum absolute atomic E-state index is 11.0. The van der Waals surface area contributed by atoms with Crippen molar-refractivity contribution in [2.75, 3.05) is 0 Å². The number of aliphatic carboxylic acids is 2. The normalized spacial score (nSPS) is 11.6. The third-order valence-electron chi connectivity index (χ3n) is 2.41. The molecule has 96 valence electrons. The zero-order valence-corrected chi connectivity index (χ0v) is 10.4. The molecule has 0 atom stereocenters. The van der Waals surface area contributed by atoms with Gasteiger partial charge in [0.15, 0.2) is 0 Å². The van der Waals surface area contributed by atoms with Crippen molar-refractivity contribution in [3.8, 4) is 0 Å². The number of hydrogen-bond acceptors (Lipinski definition) is 2. The van der Waals surface area contributed by atoms with Crippen molar-refractivity contribution < 1.29 is 19.8 Å². The summed E-state index contributed by atoms with van der Waals surface area (Å²) in [5.41, 5.74) is 1.30. The maximum Gasteiger partial charge on any atom is 0.336 e. The van der Waals surface area contributed by atoms with Crippen LogP contribution in [0.5, 0.6) is 0 Å². The number of carboxylic acid groups (broad SMARTS) is 2. The summed E-state index contributed by atoms with van der Waals surface area (Å²) in [5.74, 6) is -1.99. The highest BCUT2D eigenvalue weighted by molar-refractivity contribution is 6.19. The summed E-state index contributed by atoms with van der Waals surface area (Å²) in [7, 11) is 0. The molecule has 1 aromatic carbocycles. The van der Waals surface area contributed by atoms with Gasteiger partial charge in [-0.15, -0.1) is 0 Å². The summed E-state index contributed by atoms with van der Waals surface area (Å²) >= 11 is 0. The Kier molecular flexibility index (Phi) is 4.66. The van der Waals surface area contributed by atoms with Crippen molar-refractivity contribution >= 4 is 17.5 Å². The van der Waals surface area contributed by atoms with E-state index < -0.39 is 11.9 Å². The lowest BCUT2D eigenvalue weighted by molar-refractivity contribution is -0.133. The molecule has 0 amide bonds. The molecule has 0 aliphatic carbocycles. The van der Waals surface area contributed by atoms with Gasteiger partial charge < -0.3 is 10.2 Å². The molecule has 0 radical (unpaired) electrons. The first kappa shape index (κ1) is 14.0. The quantitative estimate of drug-likeness (QED) is 0.785. The summed E-state index contributed by atoms with van der Waals surface area (Å²) in [5, 5.41) is 17.6. The average Bonchev–Trinajstić information content (AvgIpc) is 2.26. The van der Waals surface area contributed by atoms with Crippen LogP contribution in [0.1, 0.15) is 25.0 Å². The summed E-state index contributed by atoms with van der Waals surface area (Å²) in [6.07, 6.45) is 1.62. The van der Waals surface area contributed by atoms with Crippen molar-refractivity contribution in [1.29, 1.82) is 0 Å². The Morgan fingerprint density at radius 3 is 2.11 bits per heavy atom. The highest BCUT2D eigenvalue weighted by atomic mass is 16.4. The third-order valence-corrected chi connectivity index (χ3v) is 2.41. The Balaban J connectivity index is 3.02. The Morgan fingerprint density at radius 2 is 1.72 bits per heavy atom. The summed E-state index contributed by atoms with van der Waals surface area (Å²) < 4.78 is 0. The van der Waals surface area contributed by atoms with E-state index in [9.17, 15) is 9.59 Å². The fourth-order valence-corrected chi connectivity index (χ4v) is 1.68. The Bertz CT molecular complexity index is 469. The molecule has 0 unspecified atom stereocenters. The van der Waals surface area contributed by atoms with Gasteiger partial charge in [0.25, 0.3) is 0 Å². The van der Waals surface area contributed by atoms with E-state index in [0.29, 0.717) is 17.6 Å². The van der Waals surface area contributed by atoms with Crippen molar-refractivity contribution in [2.24, 2.45) is 5.92 Å². The third kappa shape index (κ3) is 4.05. The highest BCUT2D eigenvalue weighted by Gasteiger charge is 2.12. The first-order valence-electron chi connectivity index (χ1n) is 5.67. The van der Waals surface area contributed by atoms with Gasteiger partial charge in [0.2, 0.25) is 0 Å². The van der Waals surface area contributed by atoms with Crippen LogP contribution in [0.2, 0.25) is 0 Å². The number of rotatable bonds is 5. The fourth-order valence-electron chi connectivity index (χ4n) is 1.68. The largest absolute Gasteiger partial charge is 0.478 e. The van der Waals surface area contributed by atoms with Gasteiger partial charge in [-0.3, -0.25) is 0 Å². The molecule has 1 aromatic rings. The van der Waals surface area contributed by atoms with E-state index >= 15 is 0 Å². The van der Waals surface area contributed by atoms with Crippen molar-refractivity contribution in [3.63, 3.8) is 0 Å². The van der Waals surface area contributed by atoms with Crippen LogP contribution in [-0.2, 0) is 16.0 Å². The Labute approximate surface area is 106 Å². The van der Waals surface area contributed by atoms with E-state index in [4.69, 9.17) is 10.2 Å². The van der Waals surface area contributed by atoms with Gasteiger partial charge in [0, 0.05) is 6.08 Å². The molecule has 2 N–H and O–H groups in total. The smallest absolute Gasteiger partial charge is 0.336 e. The fraction of sp³-hybridized carbons (Fsp3) is 0.286. The molecule has 0 fully saturated rings. The van der Waals surface area contributed by atoms with Crippen LogP contribution in [0.3, 0.4) is 0 Å². The number of carbonyl (C=O) groups is 2. The van der Waals surface area contributed by atoms with E-state index in [2.05, 4.69) is 13.8 Å². The van der Waals surface area contributed by atoms with Crippen LogP contribution >= 0.6 is 0 Å². The van der Waals surface area contributed by atoms with E-state index in [0.717, 1.165) is 12.0 Å². The van der Waals surface area contributed by atoms with Crippen LogP contribution in [0.4, 0.5) is 0 Å². The molecule has 0 saturated carbocycles. The molecule has 18 heavy (non-hydrogen) atoms. The molecule has 0 saturated heterocycles. The van der Waals surface area contributed by atoms with Gasteiger partial charge in [-0.25, -0.2) is 9.59 Å². The molecule has 0 spiro atoms. The van der Waals surface area contributed by atoms with E-state index in [-0.39, 0.29) is 5.57 Å². The molecule has 1 rings (SSSR count). The van der Waals surface area contributed by atoms with Crippen LogP contribution in [-0.4, -0.2) is 22.2 Å². The van der Waals surface area contributed by atoms with Crippen LogP contribution in [0.15, 0.2) is 30.3 Å². The molecular weight excluding hydrogens is 232 g/mol. The van der Waals surface area contributed by atoms with Crippen LogP contribution in [0.25, 0.3) is 5.57 Å². The second kappa shape index (κ2) is 6.00. The first-order chi connectivity index (χ1) is 8.40. The second-order valence-electron chi connectivity index (χ2n) is 4.50. The first-order valence-corrected chi connectivity index (χ1v) is 5.67. The van der Waals surface area contributed by atoms with Gasteiger partial charge in [-0.2, -0.15) is 0 Å². The Morgan fingerprint density at radius 1 is 1.17 bits per heavy atom. The lowest BCUT2D eigenvalue weighted by Gasteiger charge is -2.06. The summed E-state index contributed by atoms with van der Waals surface area (Å²) in [6.45, 7) is 4.20. The molecule has 0 bridgehead atoms. The van der Waals surface area contributed by atoms with Crippen LogP contribution in [0, 0.1) is 5.92 Å². The standard InChI is InChI=1S/C14H16O4/c1-9(2)7-10-3-5-11(6-4-10)12(14(17)18)8-13(15)16/h3-6,8-9H,7H2,1-2H3,(H,15,16)(H,17,18)/b12-8-. The molecule has 0 heterocycles. The molecule has 4 nitrogen and oxygen atoms in total. The number of carboxylic acids is 2. The van der Waals surface area contributed by atoms with Gasteiger partial charge >= 0.3 is 11.9 Å².